The number of rotatable bonds is 12. The molecule has 0 spiro atoms. The first-order valence-electron chi connectivity index (χ1n) is 16.7. The number of hydrogen-bond donors (Lipinski definition) is 7. The molecule has 26 heteroatoms. The smallest absolute Gasteiger partial charge is 0.320 e. The topological polar surface area (TPSA) is 350 Å². The van der Waals surface area contributed by atoms with Crippen LogP contribution in [-0.2, 0) is 40.5 Å². The molecule has 0 fully saturated rings. The van der Waals surface area contributed by atoms with Crippen molar-refractivity contribution in [1.29, 1.82) is 0 Å². The van der Waals surface area contributed by atoms with Gasteiger partial charge in [0.25, 0.3) is 40.5 Å². The largest absolute Gasteiger partial charge is 0.479 e. The van der Waals surface area contributed by atoms with Crippen molar-refractivity contribution in [3.63, 3.8) is 0 Å². The molecule has 0 saturated carbocycles. The Morgan fingerprint density at radius 3 is 1.39 bits per heavy atom. The number of nitrogens with one attached hydrogen (secondary N) is 2. The Bertz CT molecular complexity index is 3430. The van der Waals surface area contributed by atoms with Crippen molar-refractivity contribution in [3.05, 3.63) is 109 Å². The van der Waals surface area contributed by atoms with Crippen LogP contribution < -0.4 is 10.6 Å². The molecule has 0 atom stereocenters. The van der Waals surface area contributed by atoms with Crippen molar-refractivity contribution < 1.29 is 57.0 Å². The molecule has 312 valence electrons. The highest BCUT2D eigenvalue weighted by molar-refractivity contribution is 7.87. The minimum Gasteiger partial charge on any atom is -0.479 e. The number of benzene rings is 6. The van der Waals surface area contributed by atoms with E-state index in [4.69, 9.17) is 0 Å². The molecule has 0 bridgehead atoms. The van der Waals surface area contributed by atoms with Crippen LogP contribution in [0, 0.1) is 0 Å². The molecular formula is C35H25N9O13S4. The number of anilines is 4. The van der Waals surface area contributed by atoms with Gasteiger partial charge in [-0.1, -0.05) is 24.3 Å². The van der Waals surface area contributed by atoms with Gasteiger partial charge in [0.2, 0.25) is 11.9 Å². The second-order valence-corrected chi connectivity index (χ2v) is 18.0. The van der Waals surface area contributed by atoms with Crippen molar-refractivity contribution in [2.24, 2.45) is 20.5 Å². The number of aromatic hydroxyl groups is 1. The maximum Gasteiger partial charge on any atom is 0.320 e. The van der Waals surface area contributed by atoms with Crippen LogP contribution in [0.2, 0.25) is 0 Å². The summed E-state index contributed by atoms with van der Waals surface area (Å²) in [7, 11) is -19.2. The number of nitrogens with zero attached hydrogens (tertiary/aromatic N) is 7. The highest BCUT2D eigenvalue weighted by Gasteiger charge is 2.24. The quantitative estimate of drug-likeness (QED) is 0.0471. The van der Waals surface area contributed by atoms with Gasteiger partial charge in [0, 0.05) is 32.9 Å². The van der Waals surface area contributed by atoms with Crippen LogP contribution in [0.4, 0.5) is 46.0 Å². The van der Waals surface area contributed by atoms with E-state index >= 15 is 0 Å². The zero-order valence-corrected chi connectivity index (χ0v) is 33.4. The Morgan fingerprint density at radius 1 is 0.426 bits per heavy atom. The molecule has 0 unspecified atom stereocenters. The summed E-state index contributed by atoms with van der Waals surface area (Å²) in [6.07, 6.45) is 0. The predicted octanol–water partition coefficient (Wildman–Crippen LogP) is 7.19. The first-order valence-corrected chi connectivity index (χ1v) is 22.4. The van der Waals surface area contributed by atoms with Gasteiger partial charge in [-0.2, -0.15) is 64.0 Å². The van der Waals surface area contributed by atoms with Crippen LogP contribution in [0.5, 0.6) is 6.01 Å². The van der Waals surface area contributed by atoms with E-state index in [2.05, 4.69) is 46.0 Å². The van der Waals surface area contributed by atoms with Crippen molar-refractivity contribution in [2.75, 3.05) is 10.6 Å². The average Bonchev–Trinajstić information content (AvgIpc) is 3.17. The van der Waals surface area contributed by atoms with Gasteiger partial charge in [-0.15, -0.1) is 5.11 Å². The lowest BCUT2D eigenvalue weighted by Crippen LogP contribution is -2.03. The van der Waals surface area contributed by atoms with E-state index in [-0.39, 0.29) is 50.5 Å². The van der Waals surface area contributed by atoms with Gasteiger partial charge in [0.05, 0.1) is 17.1 Å². The SMILES string of the molecule is O=S(=O)(O)c1ccc(S(=O)(=O)O)c2cc(N=Nc3ccc(Nc4nc(O)nc(Nc5ccc(N=Nc6ccc7c(S(=O)(=O)O)cccc7c6S(=O)(=O)O)cc5)n4)cc3)ccc12. The first kappa shape index (κ1) is 42.2. The first-order chi connectivity index (χ1) is 28.6. The zero-order chi connectivity index (χ0) is 43.9. The highest BCUT2D eigenvalue weighted by atomic mass is 32.2. The van der Waals surface area contributed by atoms with E-state index in [1.807, 2.05) is 0 Å². The summed E-state index contributed by atoms with van der Waals surface area (Å²) in [4.78, 5) is 9.49. The number of hydrogen-bond acceptors (Lipinski definition) is 18. The van der Waals surface area contributed by atoms with Gasteiger partial charge in [0.15, 0.2) is 0 Å². The van der Waals surface area contributed by atoms with Gasteiger partial charge in [0.1, 0.15) is 25.3 Å². The third-order valence-corrected chi connectivity index (χ3v) is 12.1. The molecule has 6 aromatic carbocycles. The third-order valence-electron chi connectivity index (χ3n) is 8.39. The predicted molar refractivity (Wildman–Crippen MR) is 216 cm³/mol. The molecule has 7 aromatic rings. The van der Waals surface area contributed by atoms with Crippen molar-refractivity contribution >= 4 is 108 Å². The van der Waals surface area contributed by atoms with Gasteiger partial charge in [-0.25, -0.2) is 0 Å². The summed E-state index contributed by atoms with van der Waals surface area (Å²) >= 11 is 0. The van der Waals surface area contributed by atoms with Gasteiger partial charge < -0.3 is 15.7 Å². The van der Waals surface area contributed by atoms with E-state index in [0.717, 1.165) is 24.3 Å². The molecule has 1 aromatic heterocycles. The standard InChI is InChI=1S/C35H25N9O13S4/c45-35-39-33(36-19-4-8-21(9-5-19)41-43-23-12-13-25-27(18-23)31(60(52,53)54)17-16-30(25)59(49,50)51)38-34(40-35)37-20-6-10-22(11-7-20)42-44-28-15-14-24-26(32(28)61(55,56)57)2-1-3-29(24)58(46,47)48/h1-18H,(H,46,47,48)(H,49,50,51)(H,52,53,54)(H,55,56,57)(H3,36,37,38,39,40,45). The fraction of sp³-hybridized carbons (Fsp3) is 0. The third kappa shape index (κ3) is 9.61. The molecule has 7 rings (SSSR count). The number of fused-ring (bicyclic) bond motifs is 2. The van der Waals surface area contributed by atoms with Gasteiger partial charge >= 0.3 is 6.01 Å². The Morgan fingerprint density at radius 2 is 0.869 bits per heavy atom. The Hall–Kier alpha value is -6.91. The molecule has 0 saturated heterocycles. The molecule has 0 amide bonds. The normalized spacial score (nSPS) is 12.7. The van der Waals surface area contributed by atoms with E-state index in [0.29, 0.717) is 17.1 Å². The molecule has 22 nitrogen and oxygen atoms in total. The lowest BCUT2D eigenvalue weighted by Gasteiger charge is -2.10. The van der Waals surface area contributed by atoms with Crippen LogP contribution in [0.3, 0.4) is 0 Å². The summed E-state index contributed by atoms with van der Waals surface area (Å²) in [6.45, 7) is 0. The summed E-state index contributed by atoms with van der Waals surface area (Å²) in [5.74, 6) is -0.150. The Balaban J connectivity index is 1.04. The minimum atomic E-state index is -4.96. The fourth-order valence-corrected chi connectivity index (χ4v) is 8.76. The average molecular weight is 908 g/mol. The summed E-state index contributed by atoms with van der Waals surface area (Å²) in [5, 5.41) is 31.3. The zero-order valence-electron chi connectivity index (χ0n) is 30.2. The summed E-state index contributed by atoms with van der Waals surface area (Å²) in [6, 6.07) is 22.8. The van der Waals surface area contributed by atoms with E-state index in [1.54, 1.807) is 12.1 Å². The second-order valence-electron chi connectivity index (χ2n) is 12.5. The van der Waals surface area contributed by atoms with Crippen LogP contribution >= 0.6 is 0 Å². The minimum absolute atomic E-state index is 0.0707. The molecule has 7 N–H and O–H groups in total. The molecule has 0 aliphatic carbocycles. The number of azo groups is 2. The van der Waals surface area contributed by atoms with Crippen LogP contribution in [0.15, 0.2) is 149 Å². The maximum atomic E-state index is 12.3. The second kappa shape index (κ2) is 15.9. The highest BCUT2D eigenvalue weighted by Crippen LogP contribution is 2.37. The lowest BCUT2D eigenvalue weighted by atomic mass is 10.1. The summed E-state index contributed by atoms with van der Waals surface area (Å²) < 4.78 is 135. The van der Waals surface area contributed by atoms with Gasteiger partial charge in [-0.3, -0.25) is 18.2 Å². The van der Waals surface area contributed by atoms with Crippen molar-refractivity contribution in [3.8, 4) is 6.01 Å². The Labute approximate surface area is 344 Å². The Kier molecular flexibility index (Phi) is 11.0. The lowest BCUT2D eigenvalue weighted by molar-refractivity contribution is 0.430. The molecule has 0 aliphatic heterocycles. The molecular weight excluding hydrogens is 883 g/mol. The fourth-order valence-electron chi connectivity index (χ4n) is 5.84. The van der Waals surface area contributed by atoms with Crippen LogP contribution in [-0.4, -0.2) is 71.9 Å². The maximum absolute atomic E-state index is 12.3. The molecule has 0 radical (unpaired) electrons. The van der Waals surface area contributed by atoms with E-state index in [1.165, 1.54) is 72.8 Å². The van der Waals surface area contributed by atoms with Crippen LogP contribution in [0.1, 0.15) is 0 Å². The van der Waals surface area contributed by atoms with Crippen molar-refractivity contribution in [2.45, 2.75) is 19.6 Å². The monoisotopic (exact) mass is 907 g/mol. The van der Waals surface area contributed by atoms with Crippen molar-refractivity contribution in [1.82, 2.24) is 15.0 Å². The van der Waals surface area contributed by atoms with E-state index in [9.17, 15) is 57.0 Å². The summed E-state index contributed by atoms with van der Waals surface area (Å²) in [5.41, 5.74) is 1.16. The molecule has 1 heterocycles. The van der Waals surface area contributed by atoms with E-state index < -0.39 is 66.1 Å². The molecule has 0 aliphatic rings. The van der Waals surface area contributed by atoms with Crippen LogP contribution in [0.25, 0.3) is 21.5 Å². The van der Waals surface area contributed by atoms with Gasteiger partial charge in [-0.05, 0) is 84.9 Å². The molecule has 61 heavy (non-hydrogen) atoms. The number of aromatic nitrogens is 3.